The summed E-state index contributed by atoms with van der Waals surface area (Å²) >= 11 is 4.29. The second kappa shape index (κ2) is 10.6. The molecule has 0 N–H and O–H groups in total. The highest BCUT2D eigenvalue weighted by molar-refractivity contribution is 9.10. The number of hydrogen-bond donors (Lipinski definition) is 0. The molecule has 8 nitrogen and oxygen atoms in total. The summed E-state index contributed by atoms with van der Waals surface area (Å²) in [6, 6.07) is 11.5. The van der Waals surface area contributed by atoms with E-state index >= 15 is 0 Å². The molecule has 0 aliphatic carbocycles. The van der Waals surface area contributed by atoms with Crippen LogP contribution in [0.1, 0.15) is 17.5 Å². The first-order chi connectivity index (χ1) is 14.9. The van der Waals surface area contributed by atoms with Crippen LogP contribution >= 0.6 is 27.7 Å². The topological polar surface area (TPSA) is 99.0 Å². The Morgan fingerprint density at radius 2 is 2.03 bits per heavy atom. The molecule has 31 heavy (non-hydrogen) atoms. The van der Waals surface area contributed by atoms with Gasteiger partial charge in [-0.05, 0) is 48.0 Å². The van der Waals surface area contributed by atoms with E-state index in [-0.39, 0.29) is 23.4 Å². The molecule has 0 bridgehead atoms. The fraction of sp³-hybridized carbons (Fsp3) is 0.238. The predicted octanol–water partition coefficient (Wildman–Crippen LogP) is 5.01. The van der Waals surface area contributed by atoms with Crippen LogP contribution in [0, 0.1) is 10.1 Å². The van der Waals surface area contributed by atoms with Gasteiger partial charge in [-0.25, -0.2) is 0 Å². The Labute approximate surface area is 191 Å². The van der Waals surface area contributed by atoms with Gasteiger partial charge in [0.15, 0.2) is 0 Å². The molecule has 0 aromatic heterocycles. The molecule has 2 amide bonds. The summed E-state index contributed by atoms with van der Waals surface area (Å²) in [6.45, 7) is 0.870. The number of non-ortho nitro benzene ring substituents is 1. The maximum Gasteiger partial charge on any atom is 0.293 e. The highest BCUT2D eigenvalue weighted by atomic mass is 79.9. The SMILES string of the molecule is COCCCN1C(=O)S/C(=C/c2cc(Br)ccc2OCc2cccc([N+](=O)[O-])c2)C1=O. The third-order valence-electron chi connectivity index (χ3n) is 4.38. The normalized spacial score (nSPS) is 15.0. The number of methoxy groups -OCH3 is 1. The van der Waals surface area contributed by atoms with Crippen molar-refractivity contribution in [3.8, 4) is 5.75 Å². The molecule has 1 saturated heterocycles. The Balaban J connectivity index is 1.79. The first-order valence-electron chi connectivity index (χ1n) is 9.29. The van der Waals surface area contributed by atoms with Crippen molar-refractivity contribution in [2.45, 2.75) is 13.0 Å². The van der Waals surface area contributed by atoms with E-state index in [0.717, 1.165) is 16.2 Å². The molecule has 1 aliphatic rings. The summed E-state index contributed by atoms with van der Waals surface area (Å²) in [5, 5.41) is 10.6. The molecule has 1 aliphatic heterocycles. The van der Waals surface area contributed by atoms with Crippen LogP contribution in [0.15, 0.2) is 51.8 Å². The molecule has 0 saturated carbocycles. The zero-order chi connectivity index (χ0) is 22.4. The maximum atomic E-state index is 12.7. The summed E-state index contributed by atoms with van der Waals surface area (Å²) in [5.41, 5.74) is 1.24. The summed E-state index contributed by atoms with van der Waals surface area (Å²) in [4.78, 5) is 36.9. The van der Waals surface area contributed by atoms with Crippen LogP contribution in [0.4, 0.5) is 10.5 Å². The number of nitro benzene ring substituents is 1. The number of thioether (sulfide) groups is 1. The minimum Gasteiger partial charge on any atom is -0.488 e. The number of amides is 2. The summed E-state index contributed by atoms with van der Waals surface area (Å²) in [7, 11) is 1.57. The van der Waals surface area contributed by atoms with Gasteiger partial charge in [-0.2, -0.15) is 0 Å². The number of benzene rings is 2. The largest absolute Gasteiger partial charge is 0.488 e. The van der Waals surface area contributed by atoms with Gasteiger partial charge in [0.1, 0.15) is 12.4 Å². The van der Waals surface area contributed by atoms with Crippen molar-refractivity contribution in [2.75, 3.05) is 20.3 Å². The van der Waals surface area contributed by atoms with Crippen molar-refractivity contribution in [3.63, 3.8) is 0 Å². The van der Waals surface area contributed by atoms with Crippen molar-refractivity contribution in [3.05, 3.63) is 73.1 Å². The zero-order valence-electron chi connectivity index (χ0n) is 16.6. The number of ether oxygens (including phenoxy) is 2. The van der Waals surface area contributed by atoms with E-state index in [1.54, 1.807) is 43.5 Å². The van der Waals surface area contributed by atoms with Crippen LogP contribution in [-0.4, -0.2) is 41.2 Å². The van der Waals surface area contributed by atoms with Crippen LogP contribution in [0.3, 0.4) is 0 Å². The molecule has 0 radical (unpaired) electrons. The molecule has 0 unspecified atom stereocenters. The fourth-order valence-electron chi connectivity index (χ4n) is 2.89. The highest BCUT2D eigenvalue weighted by Gasteiger charge is 2.34. The lowest BCUT2D eigenvalue weighted by atomic mass is 10.1. The molecule has 3 rings (SSSR count). The van der Waals surface area contributed by atoms with Crippen LogP contribution in [0.25, 0.3) is 6.08 Å². The second-order valence-corrected chi connectivity index (χ2v) is 8.49. The van der Waals surface area contributed by atoms with Gasteiger partial charge >= 0.3 is 0 Å². The minimum atomic E-state index is -0.461. The Morgan fingerprint density at radius 3 is 2.77 bits per heavy atom. The lowest BCUT2D eigenvalue weighted by Gasteiger charge is -2.12. The van der Waals surface area contributed by atoms with Crippen molar-refractivity contribution in [1.29, 1.82) is 0 Å². The number of rotatable bonds is 9. The lowest BCUT2D eigenvalue weighted by Crippen LogP contribution is -2.29. The quantitative estimate of drug-likeness (QED) is 0.204. The standard InChI is InChI=1S/C21H19BrN2O6S/c1-29-9-3-8-23-20(25)19(31-21(23)26)12-15-11-16(22)6-7-18(15)30-13-14-4-2-5-17(10-14)24(27)28/h2,4-7,10-12H,3,8-9,13H2,1H3/b19-12+. The van der Waals surface area contributed by atoms with E-state index < -0.39 is 4.92 Å². The molecule has 162 valence electrons. The Kier molecular flexibility index (Phi) is 7.83. The van der Waals surface area contributed by atoms with Crippen molar-refractivity contribution in [1.82, 2.24) is 4.90 Å². The molecule has 1 fully saturated rings. The number of carbonyl (C=O) groups excluding carboxylic acids is 2. The molecule has 10 heteroatoms. The smallest absolute Gasteiger partial charge is 0.293 e. The Bertz CT molecular complexity index is 1040. The zero-order valence-corrected chi connectivity index (χ0v) is 19.0. The molecule has 2 aromatic carbocycles. The van der Waals surface area contributed by atoms with Gasteiger partial charge in [0, 0.05) is 42.4 Å². The second-order valence-electron chi connectivity index (χ2n) is 6.58. The first kappa shape index (κ1) is 23.0. The first-order valence-corrected chi connectivity index (χ1v) is 10.9. The van der Waals surface area contributed by atoms with Crippen LogP contribution in [-0.2, 0) is 16.1 Å². The summed E-state index contributed by atoms with van der Waals surface area (Å²) in [5.74, 6) is 0.136. The van der Waals surface area contributed by atoms with E-state index in [2.05, 4.69) is 15.9 Å². The van der Waals surface area contributed by atoms with Gasteiger partial charge in [-0.15, -0.1) is 0 Å². The average Bonchev–Trinajstić information content (AvgIpc) is 3.01. The molecule has 1 heterocycles. The average molecular weight is 507 g/mol. The van der Waals surface area contributed by atoms with E-state index in [0.29, 0.717) is 41.4 Å². The van der Waals surface area contributed by atoms with Gasteiger partial charge in [0.2, 0.25) is 0 Å². The predicted molar refractivity (Wildman–Crippen MR) is 121 cm³/mol. The molecule has 0 spiro atoms. The number of nitro groups is 1. The number of carbonyl (C=O) groups is 2. The van der Waals surface area contributed by atoms with E-state index in [4.69, 9.17) is 9.47 Å². The summed E-state index contributed by atoms with van der Waals surface area (Å²) in [6.07, 6.45) is 2.19. The summed E-state index contributed by atoms with van der Waals surface area (Å²) < 4.78 is 11.6. The van der Waals surface area contributed by atoms with Gasteiger partial charge in [0.25, 0.3) is 16.8 Å². The van der Waals surface area contributed by atoms with Gasteiger partial charge in [-0.3, -0.25) is 24.6 Å². The molecular weight excluding hydrogens is 488 g/mol. The van der Waals surface area contributed by atoms with Gasteiger partial charge in [-0.1, -0.05) is 28.1 Å². The lowest BCUT2D eigenvalue weighted by molar-refractivity contribution is -0.384. The number of halogens is 1. The Hall–Kier alpha value is -2.69. The fourth-order valence-corrected chi connectivity index (χ4v) is 4.12. The van der Waals surface area contributed by atoms with E-state index in [1.165, 1.54) is 17.0 Å². The van der Waals surface area contributed by atoms with Crippen LogP contribution in [0.2, 0.25) is 0 Å². The molecule has 0 atom stereocenters. The number of imide groups is 1. The Morgan fingerprint density at radius 1 is 1.23 bits per heavy atom. The van der Waals surface area contributed by atoms with E-state index in [9.17, 15) is 19.7 Å². The number of hydrogen-bond acceptors (Lipinski definition) is 7. The monoisotopic (exact) mass is 506 g/mol. The molecular formula is C21H19BrN2O6S. The maximum absolute atomic E-state index is 12.7. The third-order valence-corrected chi connectivity index (χ3v) is 5.78. The van der Waals surface area contributed by atoms with Crippen LogP contribution < -0.4 is 4.74 Å². The van der Waals surface area contributed by atoms with Crippen molar-refractivity contribution in [2.24, 2.45) is 0 Å². The molecule has 2 aromatic rings. The third kappa shape index (κ3) is 5.93. The van der Waals surface area contributed by atoms with E-state index in [1.807, 2.05) is 0 Å². The highest BCUT2D eigenvalue weighted by Crippen LogP contribution is 2.35. The van der Waals surface area contributed by atoms with Crippen molar-refractivity contribution >= 4 is 50.6 Å². The minimum absolute atomic E-state index is 0.0146. The van der Waals surface area contributed by atoms with Gasteiger partial charge < -0.3 is 9.47 Å². The number of nitrogens with zero attached hydrogens (tertiary/aromatic N) is 2. The van der Waals surface area contributed by atoms with Crippen molar-refractivity contribution < 1.29 is 24.0 Å². The van der Waals surface area contributed by atoms with Crippen LogP contribution in [0.5, 0.6) is 5.75 Å². The van der Waals surface area contributed by atoms with Gasteiger partial charge in [0.05, 0.1) is 9.83 Å².